The molecule has 0 aromatic rings. The molecule has 1 unspecified atom stereocenters. The van der Waals surface area contributed by atoms with Gasteiger partial charge >= 0.3 is 0 Å². The maximum absolute atomic E-state index is 2.56. The second-order valence-electron chi connectivity index (χ2n) is 8.78. The minimum atomic E-state index is 0. The first-order valence-electron chi connectivity index (χ1n) is 10.9. The summed E-state index contributed by atoms with van der Waals surface area (Å²) in [5.74, 6) is 0. The second kappa shape index (κ2) is 11.4. The molecule has 0 nitrogen and oxygen atoms in total. The van der Waals surface area contributed by atoms with Gasteiger partial charge in [-0.3, -0.25) is 0 Å². The van der Waals surface area contributed by atoms with E-state index >= 15 is 0 Å². The largest absolute Gasteiger partial charge is 0.0930 e. The summed E-state index contributed by atoms with van der Waals surface area (Å²) in [6.07, 6.45) is 26.2. The Bertz CT molecular complexity index is 419. The van der Waals surface area contributed by atoms with Crippen molar-refractivity contribution >= 4 is 7.92 Å². The van der Waals surface area contributed by atoms with Gasteiger partial charge in [0.1, 0.15) is 0 Å². The third-order valence-electron chi connectivity index (χ3n) is 6.60. The molecule has 3 aliphatic rings. The van der Waals surface area contributed by atoms with E-state index in [9.17, 15) is 0 Å². The number of allylic oxidation sites excluding steroid dienone is 4. The quantitative estimate of drug-likeness (QED) is 0.303. The first-order chi connectivity index (χ1) is 11.8. The maximum atomic E-state index is 2.56. The molecule has 3 saturated carbocycles. The van der Waals surface area contributed by atoms with Crippen molar-refractivity contribution in [2.24, 2.45) is 0 Å². The fraction of sp³-hybridized carbons (Fsp3) is 0.826. The Morgan fingerprint density at radius 3 is 1.80 bits per heavy atom. The molecule has 0 spiro atoms. The fourth-order valence-corrected chi connectivity index (χ4v) is 10.0. The van der Waals surface area contributed by atoms with Crippen molar-refractivity contribution in [3.05, 3.63) is 23.3 Å². The van der Waals surface area contributed by atoms with Gasteiger partial charge in [-0.05, 0) is 70.1 Å². The Morgan fingerprint density at radius 2 is 1.28 bits per heavy atom. The van der Waals surface area contributed by atoms with E-state index in [0.29, 0.717) is 0 Å². The van der Waals surface area contributed by atoms with Gasteiger partial charge in [-0.15, -0.1) is 0 Å². The molecule has 144 valence electrons. The minimum Gasteiger partial charge on any atom is -0.0930 e. The van der Waals surface area contributed by atoms with E-state index in [1.54, 1.807) is 25.7 Å². The molecule has 25 heavy (non-hydrogen) atoms. The Morgan fingerprint density at radius 1 is 0.760 bits per heavy atom. The molecule has 3 fully saturated rings. The zero-order valence-corrected chi connectivity index (χ0v) is 19.2. The number of hydrogen-bond donors (Lipinski definition) is 0. The summed E-state index contributed by atoms with van der Waals surface area (Å²) in [6.45, 7) is 4.50. The van der Waals surface area contributed by atoms with Crippen LogP contribution >= 0.6 is 7.92 Å². The van der Waals surface area contributed by atoms with E-state index < -0.39 is 0 Å². The Labute approximate surface area is 171 Å². The van der Waals surface area contributed by atoms with Crippen LogP contribution in [0, 0.1) is 0 Å². The zero-order chi connectivity index (χ0) is 16.8. The third kappa shape index (κ3) is 6.28. The van der Waals surface area contributed by atoms with Crippen molar-refractivity contribution < 1.29 is 19.5 Å². The standard InChI is InChI=1S/C23H39P.Ru/c1-19(2)17-18-20-11-9-10-16-23(20)24(21-12-5-3-6-13-21)22-14-7-4-8-15-22;/h17-18,21-23H,3-16H2,1-2H3;. The van der Waals surface area contributed by atoms with Crippen molar-refractivity contribution in [1.29, 1.82) is 0 Å². The van der Waals surface area contributed by atoms with Crippen LogP contribution in [0.3, 0.4) is 0 Å². The van der Waals surface area contributed by atoms with E-state index in [4.69, 9.17) is 0 Å². The molecule has 0 amide bonds. The van der Waals surface area contributed by atoms with Gasteiger partial charge in [0.25, 0.3) is 0 Å². The molecule has 0 N–H and O–H groups in total. The molecule has 0 saturated heterocycles. The van der Waals surface area contributed by atoms with Gasteiger partial charge in [-0.25, -0.2) is 0 Å². The van der Waals surface area contributed by atoms with Gasteiger partial charge in [0.2, 0.25) is 0 Å². The van der Waals surface area contributed by atoms with E-state index in [0.717, 1.165) is 17.0 Å². The maximum Gasteiger partial charge on any atom is 0.000867 e. The normalized spacial score (nSPS) is 28.0. The fourth-order valence-electron chi connectivity index (χ4n) is 5.39. The van der Waals surface area contributed by atoms with Gasteiger partial charge in [-0.1, -0.05) is 76.2 Å². The van der Waals surface area contributed by atoms with Crippen LogP contribution in [0.1, 0.15) is 104 Å². The summed E-state index contributed by atoms with van der Waals surface area (Å²) in [5, 5.41) is 0. The zero-order valence-electron chi connectivity index (χ0n) is 16.6. The molecular formula is C23H39PRu. The van der Waals surface area contributed by atoms with Crippen LogP contribution < -0.4 is 0 Å². The van der Waals surface area contributed by atoms with Gasteiger partial charge in [0.05, 0.1) is 0 Å². The van der Waals surface area contributed by atoms with Crippen LogP contribution in [0.2, 0.25) is 0 Å². The monoisotopic (exact) mass is 448 g/mol. The average Bonchev–Trinajstić information content (AvgIpc) is 2.63. The van der Waals surface area contributed by atoms with Crippen LogP contribution in [0.5, 0.6) is 0 Å². The molecule has 1 atom stereocenters. The van der Waals surface area contributed by atoms with E-state index in [-0.39, 0.29) is 27.4 Å². The van der Waals surface area contributed by atoms with E-state index in [1.807, 2.05) is 5.57 Å². The van der Waals surface area contributed by atoms with Gasteiger partial charge < -0.3 is 0 Å². The molecular weight excluding hydrogens is 408 g/mol. The molecule has 0 heterocycles. The van der Waals surface area contributed by atoms with Crippen molar-refractivity contribution in [2.75, 3.05) is 0 Å². The molecule has 0 aromatic heterocycles. The van der Waals surface area contributed by atoms with Crippen molar-refractivity contribution in [2.45, 2.75) is 121 Å². The van der Waals surface area contributed by atoms with Crippen molar-refractivity contribution in [1.82, 2.24) is 0 Å². The summed E-state index contributed by atoms with van der Waals surface area (Å²) in [6, 6.07) is 0. The molecule has 0 aliphatic heterocycles. The van der Waals surface area contributed by atoms with Crippen LogP contribution in [0.15, 0.2) is 23.3 Å². The van der Waals surface area contributed by atoms with Crippen LogP contribution in [0.25, 0.3) is 0 Å². The molecule has 2 heteroatoms. The van der Waals surface area contributed by atoms with Crippen LogP contribution in [0.4, 0.5) is 0 Å². The Balaban J connectivity index is 0.00000225. The second-order valence-corrected chi connectivity index (χ2v) is 11.8. The summed E-state index contributed by atoms with van der Waals surface area (Å²) in [4.78, 5) is 0. The topological polar surface area (TPSA) is 0 Å². The number of hydrogen-bond acceptors (Lipinski definition) is 0. The van der Waals surface area contributed by atoms with Crippen molar-refractivity contribution in [3.63, 3.8) is 0 Å². The van der Waals surface area contributed by atoms with Crippen LogP contribution in [-0.2, 0) is 19.5 Å². The third-order valence-corrected chi connectivity index (χ3v) is 10.6. The molecule has 0 bridgehead atoms. The van der Waals surface area contributed by atoms with Gasteiger partial charge in [0.15, 0.2) is 0 Å². The SMILES string of the molecule is CC(C)=CC=C1CCCCC1P(C1CCCCC1)C1CCCCC1.[Ru]. The van der Waals surface area contributed by atoms with Gasteiger partial charge in [0, 0.05) is 25.1 Å². The van der Waals surface area contributed by atoms with Crippen LogP contribution in [-0.4, -0.2) is 17.0 Å². The molecule has 3 aliphatic carbocycles. The van der Waals surface area contributed by atoms with Crippen molar-refractivity contribution in [3.8, 4) is 0 Å². The minimum absolute atomic E-state index is 0. The predicted molar refractivity (Wildman–Crippen MR) is 110 cm³/mol. The Hall–Kier alpha value is 0.533. The number of rotatable bonds is 4. The predicted octanol–water partition coefficient (Wildman–Crippen LogP) is 7.97. The van der Waals surface area contributed by atoms with E-state index in [2.05, 4.69) is 26.0 Å². The summed E-state index contributed by atoms with van der Waals surface area (Å²) in [7, 11) is 0.217. The first kappa shape index (κ1) is 21.8. The Kier molecular flexibility index (Phi) is 9.95. The van der Waals surface area contributed by atoms with Gasteiger partial charge in [-0.2, -0.15) is 0 Å². The smallest absolute Gasteiger partial charge is 0.000867 e. The summed E-state index contributed by atoms with van der Waals surface area (Å²) < 4.78 is 0. The average molecular weight is 448 g/mol. The molecule has 0 aromatic carbocycles. The molecule has 3 rings (SSSR count). The molecule has 0 radical (unpaired) electrons. The summed E-state index contributed by atoms with van der Waals surface area (Å²) >= 11 is 0. The first-order valence-corrected chi connectivity index (χ1v) is 12.4. The van der Waals surface area contributed by atoms with E-state index in [1.165, 1.54) is 69.8 Å². The summed E-state index contributed by atoms with van der Waals surface area (Å²) in [5.41, 5.74) is 6.51.